The molecule has 4 aromatic rings. The van der Waals surface area contributed by atoms with Crippen molar-refractivity contribution in [3.8, 4) is 5.69 Å². The molecule has 3 aromatic carbocycles. The van der Waals surface area contributed by atoms with Gasteiger partial charge in [0.05, 0.1) is 16.1 Å². The second-order valence-corrected chi connectivity index (χ2v) is 8.04. The van der Waals surface area contributed by atoms with E-state index in [9.17, 15) is 21.6 Å². The van der Waals surface area contributed by atoms with Gasteiger partial charge in [0, 0.05) is 10.8 Å². The summed E-state index contributed by atoms with van der Waals surface area (Å²) in [5.41, 5.74) is 0.570. The van der Waals surface area contributed by atoms with Crippen LogP contribution in [0.4, 0.5) is 13.2 Å². The van der Waals surface area contributed by atoms with Crippen molar-refractivity contribution in [3.05, 3.63) is 65.9 Å². The number of halogens is 3. The van der Waals surface area contributed by atoms with Crippen LogP contribution in [0.3, 0.4) is 0 Å². The molecule has 9 heteroatoms. The number of rotatable bonds is 2. The summed E-state index contributed by atoms with van der Waals surface area (Å²) in [5, 5.41) is 10.3. The maximum absolute atomic E-state index is 13.6. The molecule has 0 aliphatic heterocycles. The van der Waals surface area contributed by atoms with Gasteiger partial charge in [0.2, 0.25) is 10.0 Å². The van der Waals surface area contributed by atoms with Crippen molar-refractivity contribution in [2.75, 3.05) is 0 Å². The Kier molecular flexibility index (Phi) is 3.98. The van der Waals surface area contributed by atoms with Gasteiger partial charge >= 0.3 is 6.18 Å². The molecule has 0 saturated carbocycles. The van der Waals surface area contributed by atoms with E-state index < -0.39 is 21.9 Å². The Morgan fingerprint density at radius 1 is 0.964 bits per heavy atom. The molecular weight excluding hydrogens is 391 g/mol. The topological polar surface area (TPSA) is 78.0 Å². The highest BCUT2D eigenvalue weighted by atomic mass is 32.2. The zero-order chi connectivity index (χ0) is 20.3. The number of primary sulfonamides is 1. The molecule has 28 heavy (non-hydrogen) atoms. The molecule has 0 radical (unpaired) electrons. The number of aromatic nitrogens is 2. The van der Waals surface area contributed by atoms with Crippen LogP contribution in [-0.4, -0.2) is 18.2 Å². The van der Waals surface area contributed by atoms with Gasteiger partial charge in [-0.3, -0.25) is 0 Å². The Bertz CT molecular complexity index is 1320. The zero-order valence-corrected chi connectivity index (χ0v) is 15.3. The van der Waals surface area contributed by atoms with Crippen molar-refractivity contribution in [2.45, 2.75) is 18.0 Å². The lowest BCUT2D eigenvalue weighted by Crippen LogP contribution is -2.12. The van der Waals surface area contributed by atoms with Gasteiger partial charge in [0.15, 0.2) is 5.69 Å². The van der Waals surface area contributed by atoms with E-state index in [1.54, 1.807) is 12.1 Å². The fourth-order valence-electron chi connectivity index (χ4n) is 3.23. The third-order valence-corrected chi connectivity index (χ3v) is 5.42. The predicted molar refractivity (Wildman–Crippen MR) is 99.7 cm³/mol. The van der Waals surface area contributed by atoms with Crippen molar-refractivity contribution < 1.29 is 21.6 Å². The third-order valence-electron chi connectivity index (χ3n) is 4.49. The van der Waals surface area contributed by atoms with E-state index in [1.165, 1.54) is 35.0 Å². The van der Waals surface area contributed by atoms with Crippen molar-refractivity contribution >= 4 is 31.7 Å². The molecule has 0 amide bonds. The molecule has 4 rings (SSSR count). The first kappa shape index (κ1) is 18.5. The van der Waals surface area contributed by atoms with Gasteiger partial charge in [-0.15, -0.1) is 0 Å². The van der Waals surface area contributed by atoms with E-state index in [4.69, 9.17) is 5.14 Å². The molecular formula is C19H14F3N3O2S. The van der Waals surface area contributed by atoms with Gasteiger partial charge in [-0.05, 0) is 42.6 Å². The van der Waals surface area contributed by atoms with Gasteiger partial charge in [0.1, 0.15) is 0 Å². The number of hydrogen-bond acceptors (Lipinski definition) is 3. The minimum absolute atomic E-state index is 0.0284. The molecule has 0 saturated heterocycles. The number of hydrogen-bond donors (Lipinski definition) is 1. The van der Waals surface area contributed by atoms with Gasteiger partial charge in [-0.1, -0.05) is 29.8 Å². The van der Waals surface area contributed by atoms with E-state index in [0.717, 1.165) is 10.9 Å². The molecule has 1 heterocycles. The molecule has 0 aliphatic rings. The van der Waals surface area contributed by atoms with Crippen molar-refractivity contribution in [1.29, 1.82) is 0 Å². The summed E-state index contributed by atoms with van der Waals surface area (Å²) in [5.74, 6) is 0. The highest BCUT2D eigenvalue weighted by Crippen LogP contribution is 2.38. The largest absolute Gasteiger partial charge is 0.435 e. The smallest absolute Gasteiger partial charge is 0.232 e. The molecule has 2 N–H and O–H groups in total. The number of aryl methyl sites for hydroxylation is 1. The maximum Gasteiger partial charge on any atom is 0.435 e. The Morgan fingerprint density at radius 3 is 2.21 bits per heavy atom. The van der Waals surface area contributed by atoms with E-state index in [-0.39, 0.29) is 10.3 Å². The molecule has 1 aromatic heterocycles. The van der Waals surface area contributed by atoms with Gasteiger partial charge in [-0.2, -0.15) is 18.3 Å². The summed E-state index contributed by atoms with van der Waals surface area (Å²) in [7, 11) is -3.91. The normalized spacial score (nSPS) is 12.8. The van der Waals surface area contributed by atoms with Crippen LogP contribution < -0.4 is 5.14 Å². The van der Waals surface area contributed by atoms with Crippen LogP contribution in [0, 0.1) is 6.92 Å². The minimum Gasteiger partial charge on any atom is -0.232 e. The molecule has 0 fully saturated rings. The average molecular weight is 405 g/mol. The van der Waals surface area contributed by atoms with E-state index >= 15 is 0 Å². The van der Waals surface area contributed by atoms with Crippen LogP contribution in [0.25, 0.3) is 27.4 Å². The molecule has 0 spiro atoms. The molecule has 5 nitrogen and oxygen atoms in total. The number of fused-ring (bicyclic) bond motifs is 3. The van der Waals surface area contributed by atoms with Gasteiger partial charge < -0.3 is 0 Å². The van der Waals surface area contributed by atoms with Gasteiger partial charge in [-0.25, -0.2) is 18.2 Å². The lowest BCUT2D eigenvalue weighted by molar-refractivity contribution is -0.140. The van der Waals surface area contributed by atoms with Crippen molar-refractivity contribution in [1.82, 2.24) is 9.78 Å². The Balaban J connectivity index is 2.07. The summed E-state index contributed by atoms with van der Waals surface area (Å²) in [4.78, 5) is -0.135. The van der Waals surface area contributed by atoms with Crippen LogP contribution >= 0.6 is 0 Å². The number of sulfonamides is 1. The Morgan fingerprint density at radius 2 is 1.61 bits per heavy atom. The van der Waals surface area contributed by atoms with Gasteiger partial charge in [0.25, 0.3) is 0 Å². The monoisotopic (exact) mass is 405 g/mol. The van der Waals surface area contributed by atoms with Crippen LogP contribution in [0.15, 0.2) is 59.5 Å². The number of alkyl halides is 3. The summed E-state index contributed by atoms with van der Waals surface area (Å²) < 4.78 is 64.7. The molecule has 0 unspecified atom stereocenters. The first-order valence-corrected chi connectivity index (χ1v) is 9.73. The lowest BCUT2D eigenvalue weighted by atomic mass is 10.0. The van der Waals surface area contributed by atoms with Crippen LogP contribution in [0.5, 0.6) is 0 Å². The minimum atomic E-state index is -4.64. The molecule has 144 valence electrons. The highest BCUT2D eigenvalue weighted by Gasteiger charge is 2.37. The molecule has 0 atom stereocenters. The fraction of sp³-hybridized carbons (Fsp3) is 0.105. The molecule has 0 aliphatic carbocycles. The highest BCUT2D eigenvalue weighted by molar-refractivity contribution is 7.89. The second kappa shape index (κ2) is 6.05. The number of nitrogens with two attached hydrogens (primary N) is 1. The summed E-state index contributed by atoms with van der Waals surface area (Å²) in [6.45, 7) is 1.90. The van der Waals surface area contributed by atoms with Crippen LogP contribution in [-0.2, 0) is 16.2 Å². The predicted octanol–water partition coefficient (Wildman–Crippen LogP) is 4.15. The quantitative estimate of drug-likeness (QED) is 0.544. The number of nitrogens with zero attached hydrogens (tertiary/aromatic N) is 2. The van der Waals surface area contributed by atoms with Crippen molar-refractivity contribution in [3.63, 3.8) is 0 Å². The third kappa shape index (κ3) is 3.02. The zero-order valence-electron chi connectivity index (χ0n) is 14.5. The van der Waals surface area contributed by atoms with E-state index in [1.807, 2.05) is 19.1 Å². The maximum atomic E-state index is 13.6. The summed E-state index contributed by atoms with van der Waals surface area (Å²) in [6.07, 6.45) is -4.64. The standard InChI is InChI=1S/C19H14F3N3O2S/c1-11-2-8-15-12(10-11)3-9-16-17(15)25(24-18(16)19(20,21)22)13-4-6-14(7-5-13)28(23,26)27/h2-10H,1H3,(H2,23,26,27). The molecule has 0 bridgehead atoms. The Labute approximate surface area is 158 Å². The van der Waals surface area contributed by atoms with E-state index in [0.29, 0.717) is 16.6 Å². The summed E-state index contributed by atoms with van der Waals surface area (Å²) in [6, 6.07) is 13.7. The fourth-order valence-corrected chi connectivity index (χ4v) is 3.74. The second-order valence-electron chi connectivity index (χ2n) is 6.48. The number of benzene rings is 3. The Hall–Kier alpha value is -2.91. The first-order valence-electron chi connectivity index (χ1n) is 8.18. The first-order chi connectivity index (χ1) is 13.1. The average Bonchev–Trinajstić information content (AvgIpc) is 3.01. The van der Waals surface area contributed by atoms with Crippen LogP contribution in [0.1, 0.15) is 11.3 Å². The van der Waals surface area contributed by atoms with Crippen LogP contribution in [0.2, 0.25) is 0 Å². The SMILES string of the molecule is Cc1ccc2c(ccc3c(C(F)(F)F)nn(-c4ccc(S(N)(=O)=O)cc4)c32)c1. The lowest BCUT2D eigenvalue weighted by Gasteiger charge is -2.08. The summed E-state index contributed by atoms with van der Waals surface area (Å²) >= 11 is 0. The van der Waals surface area contributed by atoms with Crippen molar-refractivity contribution in [2.24, 2.45) is 5.14 Å². The van der Waals surface area contributed by atoms with E-state index in [2.05, 4.69) is 5.10 Å².